The monoisotopic (exact) mass is 337 g/mol. The molecule has 7 nitrogen and oxygen atoms in total. The van der Waals surface area contributed by atoms with E-state index in [-0.39, 0.29) is 19.0 Å². The van der Waals surface area contributed by atoms with Crippen LogP contribution in [-0.4, -0.2) is 34.0 Å². The normalized spacial score (nSPS) is 11.0. The number of rotatable bonds is 8. The highest BCUT2D eigenvalue weighted by atomic mass is 35.5. The molecule has 23 heavy (non-hydrogen) atoms. The molecule has 0 fully saturated rings. The molecular formula is C15H20ClN5O2. The summed E-state index contributed by atoms with van der Waals surface area (Å²) in [5.74, 6) is 0.809. The van der Waals surface area contributed by atoms with Crippen molar-refractivity contribution in [2.45, 2.75) is 26.4 Å². The van der Waals surface area contributed by atoms with Crippen molar-refractivity contribution in [3.63, 3.8) is 0 Å². The van der Waals surface area contributed by atoms with E-state index in [4.69, 9.17) is 21.9 Å². The van der Waals surface area contributed by atoms with Gasteiger partial charge in [-0.2, -0.15) is 4.98 Å². The molecular weight excluding hydrogens is 318 g/mol. The van der Waals surface area contributed by atoms with Gasteiger partial charge in [-0.1, -0.05) is 23.7 Å². The largest absolute Gasteiger partial charge is 0.338 e. The number of aromatic nitrogens is 2. The maximum absolute atomic E-state index is 12.2. The number of nitrogens with two attached hydrogens (primary N) is 1. The Labute approximate surface area is 139 Å². The van der Waals surface area contributed by atoms with Crippen molar-refractivity contribution >= 4 is 23.2 Å². The number of halogens is 1. The van der Waals surface area contributed by atoms with Gasteiger partial charge < -0.3 is 15.6 Å². The zero-order valence-corrected chi connectivity index (χ0v) is 13.7. The number of anilines is 1. The lowest BCUT2D eigenvalue weighted by atomic mass is 10.3. The number of nitrogens with zero attached hydrogens (tertiary/aromatic N) is 3. The van der Waals surface area contributed by atoms with Gasteiger partial charge in [-0.3, -0.25) is 9.69 Å². The Kier molecular flexibility index (Phi) is 6.52. The van der Waals surface area contributed by atoms with E-state index < -0.39 is 0 Å². The molecule has 2 aromatic rings. The number of benzene rings is 1. The summed E-state index contributed by atoms with van der Waals surface area (Å²) in [4.78, 5) is 18.3. The highest BCUT2D eigenvalue weighted by Crippen LogP contribution is 2.13. The van der Waals surface area contributed by atoms with Gasteiger partial charge in [0, 0.05) is 10.7 Å². The maximum atomic E-state index is 12.2. The van der Waals surface area contributed by atoms with E-state index in [1.165, 1.54) is 0 Å². The van der Waals surface area contributed by atoms with Crippen LogP contribution in [0.4, 0.5) is 5.69 Å². The number of nitrogens with one attached hydrogen (secondary N) is 1. The molecule has 0 unspecified atom stereocenters. The van der Waals surface area contributed by atoms with Crippen LogP contribution in [0.5, 0.6) is 0 Å². The zero-order valence-electron chi connectivity index (χ0n) is 13.0. The second kappa shape index (κ2) is 8.61. The van der Waals surface area contributed by atoms with Crippen LogP contribution in [0.25, 0.3) is 0 Å². The molecule has 1 amide bonds. The van der Waals surface area contributed by atoms with Gasteiger partial charge in [-0.25, -0.2) is 0 Å². The number of carbonyl (C=O) groups is 1. The zero-order chi connectivity index (χ0) is 16.7. The van der Waals surface area contributed by atoms with Gasteiger partial charge in [0.1, 0.15) is 0 Å². The Bertz CT molecular complexity index is 629. The van der Waals surface area contributed by atoms with E-state index in [1.54, 1.807) is 24.3 Å². The Hall–Kier alpha value is -1.96. The van der Waals surface area contributed by atoms with Crippen LogP contribution in [0.3, 0.4) is 0 Å². The lowest BCUT2D eigenvalue weighted by Gasteiger charge is -2.19. The average Bonchev–Trinajstić information content (AvgIpc) is 2.97. The molecule has 0 aliphatic carbocycles. The molecule has 0 aliphatic heterocycles. The van der Waals surface area contributed by atoms with Crippen molar-refractivity contribution in [1.82, 2.24) is 15.0 Å². The standard InChI is InChI=1S/C15H20ClN5O2/c1-2-7-21(9-13-19-15(8-17)23-20-13)10-14(22)18-12-5-3-11(16)4-6-12/h3-6H,2,7-10,17H2,1H3,(H,18,22). The minimum absolute atomic E-state index is 0.108. The van der Waals surface area contributed by atoms with Gasteiger partial charge in [0.25, 0.3) is 0 Å². The molecule has 2 rings (SSSR count). The van der Waals surface area contributed by atoms with Gasteiger partial charge in [-0.15, -0.1) is 0 Å². The Morgan fingerprint density at radius 2 is 2.13 bits per heavy atom. The fraction of sp³-hybridized carbons (Fsp3) is 0.400. The fourth-order valence-electron chi connectivity index (χ4n) is 2.10. The highest BCUT2D eigenvalue weighted by Gasteiger charge is 2.14. The minimum Gasteiger partial charge on any atom is -0.338 e. The Morgan fingerprint density at radius 1 is 1.39 bits per heavy atom. The van der Waals surface area contributed by atoms with Gasteiger partial charge in [0.05, 0.1) is 19.6 Å². The summed E-state index contributed by atoms with van der Waals surface area (Å²) in [7, 11) is 0. The van der Waals surface area contributed by atoms with E-state index in [1.807, 2.05) is 11.8 Å². The highest BCUT2D eigenvalue weighted by molar-refractivity contribution is 6.30. The Morgan fingerprint density at radius 3 is 2.74 bits per heavy atom. The van der Waals surface area contributed by atoms with E-state index in [9.17, 15) is 4.79 Å². The molecule has 0 radical (unpaired) electrons. The van der Waals surface area contributed by atoms with Crippen molar-refractivity contribution < 1.29 is 9.32 Å². The van der Waals surface area contributed by atoms with Crippen LogP contribution in [0.15, 0.2) is 28.8 Å². The Balaban J connectivity index is 1.92. The lowest BCUT2D eigenvalue weighted by Crippen LogP contribution is -2.33. The van der Waals surface area contributed by atoms with Gasteiger partial charge in [-0.05, 0) is 37.2 Å². The van der Waals surface area contributed by atoms with Crippen LogP contribution in [0.1, 0.15) is 25.1 Å². The van der Waals surface area contributed by atoms with Crippen molar-refractivity contribution in [2.75, 3.05) is 18.4 Å². The van der Waals surface area contributed by atoms with Crippen LogP contribution in [-0.2, 0) is 17.9 Å². The van der Waals surface area contributed by atoms with E-state index in [0.717, 1.165) is 13.0 Å². The maximum Gasteiger partial charge on any atom is 0.240 e. The lowest BCUT2D eigenvalue weighted by molar-refractivity contribution is -0.117. The fourth-order valence-corrected chi connectivity index (χ4v) is 2.23. The first-order valence-corrected chi connectivity index (χ1v) is 7.77. The third-order valence-corrected chi connectivity index (χ3v) is 3.34. The number of hydrogen-bond donors (Lipinski definition) is 2. The molecule has 0 bridgehead atoms. The first kappa shape index (κ1) is 17.4. The summed E-state index contributed by atoms with van der Waals surface area (Å²) < 4.78 is 4.98. The van der Waals surface area contributed by atoms with Crippen molar-refractivity contribution in [2.24, 2.45) is 5.73 Å². The second-order valence-electron chi connectivity index (χ2n) is 5.07. The first-order valence-electron chi connectivity index (χ1n) is 7.40. The molecule has 0 atom stereocenters. The molecule has 3 N–H and O–H groups in total. The molecule has 1 aromatic heterocycles. The van der Waals surface area contributed by atoms with Crippen LogP contribution < -0.4 is 11.1 Å². The van der Waals surface area contributed by atoms with Crippen LogP contribution in [0, 0.1) is 0 Å². The van der Waals surface area contributed by atoms with Crippen molar-refractivity contribution in [3.05, 3.63) is 41.0 Å². The van der Waals surface area contributed by atoms with E-state index in [0.29, 0.717) is 29.0 Å². The topological polar surface area (TPSA) is 97.3 Å². The van der Waals surface area contributed by atoms with Crippen LogP contribution >= 0.6 is 11.6 Å². The summed E-state index contributed by atoms with van der Waals surface area (Å²) >= 11 is 5.83. The summed E-state index contributed by atoms with van der Waals surface area (Å²) in [6.07, 6.45) is 0.913. The molecule has 0 saturated carbocycles. The van der Waals surface area contributed by atoms with Gasteiger partial charge in [0.2, 0.25) is 11.8 Å². The molecule has 1 heterocycles. The number of hydrogen-bond acceptors (Lipinski definition) is 6. The minimum atomic E-state index is -0.108. The molecule has 0 aliphatic rings. The van der Waals surface area contributed by atoms with E-state index in [2.05, 4.69) is 15.5 Å². The van der Waals surface area contributed by atoms with Crippen molar-refractivity contribution in [3.8, 4) is 0 Å². The van der Waals surface area contributed by atoms with E-state index >= 15 is 0 Å². The summed E-state index contributed by atoms with van der Waals surface area (Å²) in [5.41, 5.74) is 6.16. The SMILES string of the molecule is CCCN(CC(=O)Nc1ccc(Cl)cc1)Cc1noc(CN)n1. The first-order chi connectivity index (χ1) is 11.1. The number of amides is 1. The third kappa shape index (κ3) is 5.63. The second-order valence-corrected chi connectivity index (χ2v) is 5.51. The third-order valence-electron chi connectivity index (χ3n) is 3.08. The summed E-state index contributed by atoms with van der Waals surface area (Å²) in [5, 5.41) is 7.32. The molecule has 124 valence electrons. The van der Waals surface area contributed by atoms with Crippen molar-refractivity contribution in [1.29, 1.82) is 0 Å². The summed E-state index contributed by atoms with van der Waals surface area (Å²) in [6, 6.07) is 6.98. The quantitative estimate of drug-likeness (QED) is 0.765. The smallest absolute Gasteiger partial charge is 0.240 e. The molecule has 8 heteroatoms. The molecule has 1 aromatic carbocycles. The van der Waals surface area contributed by atoms with Crippen LogP contribution in [0.2, 0.25) is 5.02 Å². The number of carbonyl (C=O) groups excluding carboxylic acids is 1. The molecule has 0 saturated heterocycles. The van der Waals surface area contributed by atoms with Gasteiger partial charge in [0.15, 0.2) is 5.82 Å². The average molecular weight is 338 g/mol. The molecule has 0 spiro atoms. The van der Waals surface area contributed by atoms with Gasteiger partial charge >= 0.3 is 0 Å². The predicted molar refractivity (Wildman–Crippen MR) is 87.8 cm³/mol. The summed E-state index contributed by atoms with van der Waals surface area (Å²) in [6.45, 7) is 3.68. The predicted octanol–water partition coefficient (Wildman–Crippen LogP) is 2.03.